The van der Waals surface area contributed by atoms with Gasteiger partial charge in [0.15, 0.2) is 6.39 Å². The fourth-order valence-electron chi connectivity index (χ4n) is 2.21. The molecule has 1 aliphatic heterocycles. The molecule has 0 amide bonds. The Morgan fingerprint density at radius 3 is 3.19 bits per heavy atom. The number of hydrogen-bond acceptors (Lipinski definition) is 4. The number of nitrogens with zero attached hydrogens (tertiary/aromatic N) is 2. The number of carboxylic acid groups (broad SMARTS) is 1. The van der Waals surface area contributed by atoms with Crippen LogP contribution in [-0.4, -0.2) is 33.5 Å². The molecule has 0 saturated carbocycles. The Balaban J connectivity index is 1.98. The highest BCUT2D eigenvalue weighted by Crippen LogP contribution is 2.22. The number of carboxylic acids is 1. The Bertz CT molecular complexity index is 375. The number of carbonyl (C=O) groups is 1. The van der Waals surface area contributed by atoms with Gasteiger partial charge in [-0.3, -0.25) is 9.69 Å². The van der Waals surface area contributed by atoms with Gasteiger partial charge in [-0.2, -0.15) is 0 Å². The van der Waals surface area contributed by atoms with Crippen molar-refractivity contribution in [1.82, 2.24) is 9.88 Å². The first kappa shape index (κ1) is 11.1. The molecule has 1 N–H and O–H groups in total. The zero-order chi connectivity index (χ0) is 11.5. The van der Waals surface area contributed by atoms with E-state index in [9.17, 15) is 4.79 Å². The molecule has 1 aromatic heterocycles. The Labute approximate surface area is 94.1 Å². The second-order valence-electron chi connectivity index (χ2n) is 4.22. The van der Waals surface area contributed by atoms with Crippen molar-refractivity contribution >= 4 is 5.97 Å². The third kappa shape index (κ3) is 2.41. The van der Waals surface area contributed by atoms with E-state index in [0.717, 1.165) is 30.8 Å². The summed E-state index contributed by atoms with van der Waals surface area (Å²) in [5, 5.41) is 8.81. The minimum atomic E-state index is -0.728. The van der Waals surface area contributed by atoms with Crippen LogP contribution in [0.1, 0.15) is 30.7 Å². The molecule has 5 nitrogen and oxygen atoms in total. The Morgan fingerprint density at radius 1 is 1.75 bits per heavy atom. The summed E-state index contributed by atoms with van der Waals surface area (Å²) in [4.78, 5) is 17.0. The summed E-state index contributed by atoms with van der Waals surface area (Å²) in [6.07, 6.45) is 3.68. The first-order valence-corrected chi connectivity index (χ1v) is 5.51. The number of aryl methyl sites for hydroxylation is 1. The van der Waals surface area contributed by atoms with Gasteiger partial charge in [0, 0.05) is 12.6 Å². The van der Waals surface area contributed by atoms with Crippen LogP contribution in [0.5, 0.6) is 0 Å². The normalized spacial score (nSPS) is 21.4. The zero-order valence-corrected chi connectivity index (χ0v) is 9.35. The highest BCUT2D eigenvalue weighted by Gasteiger charge is 2.27. The van der Waals surface area contributed by atoms with Crippen molar-refractivity contribution < 1.29 is 14.3 Å². The van der Waals surface area contributed by atoms with Gasteiger partial charge in [0.1, 0.15) is 5.76 Å². The number of aliphatic carboxylic acids is 1. The van der Waals surface area contributed by atoms with Crippen molar-refractivity contribution in [2.75, 3.05) is 6.54 Å². The smallest absolute Gasteiger partial charge is 0.304 e. The molecule has 2 rings (SSSR count). The Kier molecular flexibility index (Phi) is 3.24. The van der Waals surface area contributed by atoms with Crippen molar-refractivity contribution in [3.63, 3.8) is 0 Å². The molecule has 1 unspecified atom stereocenters. The Morgan fingerprint density at radius 2 is 2.56 bits per heavy atom. The SMILES string of the molecule is Cc1ocnc1CN1CCCC1CC(=O)O. The lowest BCUT2D eigenvalue weighted by Gasteiger charge is -2.21. The molecule has 1 saturated heterocycles. The van der Waals surface area contributed by atoms with Crippen LogP contribution in [0, 0.1) is 6.92 Å². The van der Waals surface area contributed by atoms with Crippen LogP contribution in [0.3, 0.4) is 0 Å². The molecule has 5 heteroatoms. The van der Waals surface area contributed by atoms with Crippen LogP contribution in [0.4, 0.5) is 0 Å². The standard InChI is InChI=1S/C11H16N2O3/c1-8-10(12-7-16-8)6-13-4-2-3-9(13)5-11(14)15/h7,9H,2-6H2,1H3,(H,14,15). The van der Waals surface area contributed by atoms with Crippen LogP contribution < -0.4 is 0 Å². The molecular weight excluding hydrogens is 208 g/mol. The average molecular weight is 224 g/mol. The molecule has 1 aliphatic rings. The largest absolute Gasteiger partial charge is 0.481 e. The molecule has 1 aromatic rings. The van der Waals surface area contributed by atoms with Crippen molar-refractivity contribution in [2.45, 2.75) is 38.8 Å². The first-order chi connectivity index (χ1) is 7.66. The van der Waals surface area contributed by atoms with E-state index in [4.69, 9.17) is 9.52 Å². The fourth-order valence-corrected chi connectivity index (χ4v) is 2.21. The lowest BCUT2D eigenvalue weighted by molar-refractivity contribution is -0.138. The molecule has 1 fully saturated rings. The van der Waals surface area contributed by atoms with Gasteiger partial charge in [0.05, 0.1) is 12.1 Å². The molecule has 0 aliphatic carbocycles. The van der Waals surface area contributed by atoms with E-state index in [1.807, 2.05) is 6.92 Å². The van der Waals surface area contributed by atoms with Crippen LogP contribution in [0.2, 0.25) is 0 Å². The summed E-state index contributed by atoms with van der Waals surface area (Å²) in [7, 11) is 0. The van der Waals surface area contributed by atoms with Crippen LogP contribution in [0.25, 0.3) is 0 Å². The van der Waals surface area contributed by atoms with Gasteiger partial charge in [-0.1, -0.05) is 0 Å². The molecule has 0 radical (unpaired) electrons. The summed E-state index contributed by atoms with van der Waals surface area (Å²) in [6, 6.07) is 0.147. The number of likely N-dealkylation sites (tertiary alicyclic amines) is 1. The van der Waals surface area contributed by atoms with Gasteiger partial charge in [0.2, 0.25) is 0 Å². The third-order valence-electron chi connectivity index (χ3n) is 3.11. The third-order valence-corrected chi connectivity index (χ3v) is 3.11. The van der Waals surface area contributed by atoms with Gasteiger partial charge in [-0.15, -0.1) is 0 Å². The van der Waals surface area contributed by atoms with E-state index in [-0.39, 0.29) is 12.5 Å². The molecule has 0 aromatic carbocycles. The average Bonchev–Trinajstić information content (AvgIpc) is 2.78. The topological polar surface area (TPSA) is 66.6 Å². The van der Waals surface area contributed by atoms with Crippen LogP contribution >= 0.6 is 0 Å². The molecule has 2 heterocycles. The summed E-state index contributed by atoms with van der Waals surface area (Å²) in [6.45, 7) is 3.52. The number of hydrogen-bond donors (Lipinski definition) is 1. The molecule has 88 valence electrons. The minimum Gasteiger partial charge on any atom is -0.481 e. The van der Waals surface area contributed by atoms with E-state index in [1.165, 1.54) is 6.39 Å². The second-order valence-corrected chi connectivity index (χ2v) is 4.22. The van der Waals surface area contributed by atoms with Gasteiger partial charge in [-0.25, -0.2) is 4.98 Å². The summed E-state index contributed by atoms with van der Waals surface area (Å²) < 4.78 is 5.14. The highest BCUT2D eigenvalue weighted by molar-refractivity contribution is 5.67. The molecule has 0 spiro atoms. The van der Waals surface area contributed by atoms with Gasteiger partial charge in [-0.05, 0) is 26.3 Å². The van der Waals surface area contributed by atoms with Gasteiger partial charge < -0.3 is 9.52 Å². The summed E-state index contributed by atoms with van der Waals surface area (Å²) in [5.41, 5.74) is 0.914. The van der Waals surface area contributed by atoms with E-state index in [2.05, 4.69) is 9.88 Å². The molecule has 0 bridgehead atoms. The van der Waals surface area contributed by atoms with Crippen LogP contribution in [-0.2, 0) is 11.3 Å². The van der Waals surface area contributed by atoms with Crippen LogP contribution in [0.15, 0.2) is 10.8 Å². The van der Waals surface area contributed by atoms with Crippen molar-refractivity contribution in [2.24, 2.45) is 0 Å². The predicted molar refractivity (Wildman–Crippen MR) is 56.9 cm³/mol. The summed E-state index contributed by atoms with van der Waals surface area (Å²) in [5.74, 6) is 0.0924. The predicted octanol–water partition coefficient (Wildman–Crippen LogP) is 1.42. The highest BCUT2D eigenvalue weighted by atomic mass is 16.4. The fraction of sp³-hybridized carbons (Fsp3) is 0.636. The Hall–Kier alpha value is -1.36. The quantitative estimate of drug-likeness (QED) is 0.837. The van der Waals surface area contributed by atoms with E-state index in [1.54, 1.807) is 0 Å². The molecule has 1 atom stereocenters. The van der Waals surface area contributed by atoms with Crippen molar-refractivity contribution in [1.29, 1.82) is 0 Å². The maximum Gasteiger partial charge on any atom is 0.304 e. The monoisotopic (exact) mass is 224 g/mol. The maximum atomic E-state index is 10.7. The van der Waals surface area contributed by atoms with Crippen molar-refractivity contribution in [3.8, 4) is 0 Å². The van der Waals surface area contributed by atoms with Crippen molar-refractivity contribution in [3.05, 3.63) is 17.8 Å². The number of rotatable bonds is 4. The number of oxazole rings is 1. The number of aromatic nitrogens is 1. The first-order valence-electron chi connectivity index (χ1n) is 5.51. The minimum absolute atomic E-state index is 0.147. The van der Waals surface area contributed by atoms with E-state index < -0.39 is 5.97 Å². The van der Waals surface area contributed by atoms with Gasteiger partial charge >= 0.3 is 5.97 Å². The lowest BCUT2D eigenvalue weighted by atomic mass is 10.1. The lowest BCUT2D eigenvalue weighted by Crippen LogP contribution is -2.31. The van der Waals surface area contributed by atoms with Gasteiger partial charge in [0.25, 0.3) is 0 Å². The molecular formula is C11H16N2O3. The zero-order valence-electron chi connectivity index (χ0n) is 9.35. The molecule has 16 heavy (non-hydrogen) atoms. The van der Waals surface area contributed by atoms with E-state index in [0.29, 0.717) is 6.54 Å². The van der Waals surface area contributed by atoms with E-state index >= 15 is 0 Å². The summed E-state index contributed by atoms with van der Waals surface area (Å²) >= 11 is 0. The second kappa shape index (κ2) is 4.65. The maximum absolute atomic E-state index is 10.7.